The summed E-state index contributed by atoms with van der Waals surface area (Å²) >= 11 is 0. The first-order valence-electron chi connectivity index (χ1n) is 7.25. The average Bonchev–Trinajstić information content (AvgIpc) is 2.52. The topological polar surface area (TPSA) is 52.5 Å². The predicted molar refractivity (Wildman–Crippen MR) is 85.3 cm³/mol. The molecule has 0 heterocycles. The first kappa shape index (κ1) is 15.7. The highest BCUT2D eigenvalue weighted by Gasteiger charge is 2.19. The molecule has 0 spiro atoms. The largest absolute Gasteiger partial charge is 0.395 e. The summed E-state index contributed by atoms with van der Waals surface area (Å²) in [7, 11) is 0. The van der Waals surface area contributed by atoms with Crippen molar-refractivity contribution in [3.63, 3.8) is 0 Å². The van der Waals surface area contributed by atoms with Crippen LogP contribution in [0.4, 0.5) is 0 Å². The number of rotatable bonds is 6. The molecule has 0 bridgehead atoms. The van der Waals surface area contributed by atoms with E-state index in [4.69, 9.17) is 0 Å². The number of hydrogen-bond donors (Lipinski definition) is 3. The third-order valence-electron chi connectivity index (χ3n) is 3.72. The number of nitrogens with one attached hydrogen (secondary N) is 1. The summed E-state index contributed by atoms with van der Waals surface area (Å²) in [5, 5.41) is 22.1. The normalized spacial score (nSPS) is 12.6. The molecule has 2 rings (SSSR count). The van der Waals surface area contributed by atoms with Crippen molar-refractivity contribution in [1.29, 1.82) is 0 Å². The fourth-order valence-corrected chi connectivity index (χ4v) is 2.48. The smallest absolute Gasteiger partial charge is 0.0607 e. The lowest BCUT2D eigenvalue weighted by Crippen LogP contribution is -2.39. The van der Waals surface area contributed by atoms with Gasteiger partial charge in [0.15, 0.2) is 0 Å². The number of aliphatic hydroxyl groups excluding tert-OH is 2. The summed E-state index contributed by atoms with van der Waals surface area (Å²) in [5.41, 5.74) is 4.69. The van der Waals surface area contributed by atoms with Crippen LogP contribution in [-0.2, 0) is 0 Å². The van der Waals surface area contributed by atoms with Crippen LogP contribution in [0, 0.1) is 13.8 Å². The van der Waals surface area contributed by atoms with Gasteiger partial charge in [0.1, 0.15) is 0 Å². The van der Waals surface area contributed by atoms with E-state index in [1.807, 2.05) is 18.2 Å². The summed E-state index contributed by atoms with van der Waals surface area (Å²) in [6.07, 6.45) is 0. The highest BCUT2D eigenvalue weighted by atomic mass is 16.3. The molecular formula is C18H23NO2. The Morgan fingerprint density at radius 3 is 2.24 bits per heavy atom. The van der Waals surface area contributed by atoms with Crippen molar-refractivity contribution in [1.82, 2.24) is 5.32 Å². The number of hydrogen-bond acceptors (Lipinski definition) is 3. The van der Waals surface area contributed by atoms with Crippen LogP contribution in [0.3, 0.4) is 0 Å². The number of benzene rings is 2. The fraction of sp³-hybridized carbons (Fsp3) is 0.333. The first-order valence-corrected chi connectivity index (χ1v) is 7.25. The van der Waals surface area contributed by atoms with Gasteiger partial charge in [0.05, 0.1) is 25.3 Å². The average molecular weight is 285 g/mol. The molecule has 0 aliphatic heterocycles. The molecule has 1 atom stereocenters. The van der Waals surface area contributed by atoms with E-state index in [1.165, 1.54) is 16.7 Å². The minimum Gasteiger partial charge on any atom is -0.395 e. The van der Waals surface area contributed by atoms with Crippen LogP contribution in [0.2, 0.25) is 0 Å². The molecule has 2 aromatic carbocycles. The van der Waals surface area contributed by atoms with Crippen LogP contribution in [0.1, 0.15) is 28.3 Å². The van der Waals surface area contributed by atoms with Gasteiger partial charge in [-0.3, -0.25) is 5.32 Å². The maximum Gasteiger partial charge on any atom is 0.0607 e. The zero-order valence-corrected chi connectivity index (χ0v) is 12.6. The molecule has 3 heteroatoms. The Bertz CT molecular complexity index is 565. The molecule has 0 aromatic heterocycles. The second kappa shape index (κ2) is 7.36. The van der Waals surface area contributed by atoms with Gasteiger partial charge >= 0.3 is 0 Å². The molecular weight excluding hydrogens is 262 g/mol. The van der Waals surface area contributed by atoms with Crippen LogP contribution in [0.15, 0.2) is 48.5 Å². The standard InChI is InChI=1S/C18H23NO2/c1-13-8-9-14(2)17(10-13)18(19-16(11-20)12-21)15-6-4-3-5-7-15/h3-10,16,18-21H,11-12H2,1-2H3. The van der Waals surface area contributed by atoms with E-state index in [0.717, 1.165) is 5.56 Å². The molecule has 21 heavy (non-hydrogen) atoms. The van der Waals surface area contributed by atoms with E-state index >= 15 is 0 Å². The van der Waals surface area contributed by atoms with E-state index in [-0.39, 0.29) is 25.3 Å². The minimum atomic E-state index is -0.338. The van der Waals surface area contributed by atoms with E-state index < -0.39 is 0 Å². The molecule has 0 aliphatic carbocycles. The van der Waals surface area contributed by atoms with Gasteiger partial charge in [-0.05, 0) is 30.5 Å². The summed E-state index contributed by atoms with van der Waals surface area (Å²) in [5.74, 6) is 0. The van der Waals surface area contributed by atoms with Crippen molar-refractivity contribution in [3.8, 4) is 0 Å². The highest BCUT2D eigenvalue weighted by molar-refractivity contribution is 5.39. The van der Waals surface area contributed by atoms with Crippen molar-refractivity contribution < 1.29 is 10.2 Å². The molecule has 2 aromatic rings. The second-order valence-electron chi connectivity index (χ2n) is 5.43. The molecule has 0 saturated carbocycles. The van der Waals surface area contributed by atoms with Crippen molar-refractivity contribution in [2.75, 3.05) is 13.2 Å². The summed E-state index contributed by atoms with van der Waals surface area (Å²) in [6.45, 7) is 3.97. The van der Waals surface area contributed by atoms with E-state index in [9.17, 15) is 10.2 Å². The molecule has 3 N–H and O–H groups in total. The molecule has 0 radical (unpaired) electrons. The summed E-state index contributed by atoms with van der Waals surface area (Å²) < 4.78 is 0. The molecule has 0 fully saturated rings. The lowest BCUT2D eigenvalue weighted by Gasteiger charge is -2.26. The molecule has 3 nitrogen and oxygen atoms in total. The maximum absolute atomic E-state index is 9.37. The van der Waals surface area contributed by atoms with Crippen LogP contribution >= 0.6 is 0 Å². The van der Waals surface area contributed by atoms with Crippen molar-refractivity contribution in [3.05, 3.63) is 70.8 Å². The van der Waals surface area contributed by atoms with Gasteiger partial charge in [0, 0.05) is 0 Å². The molecule has 0 saturated heterocycles. The van der Waals surface area contributed by atoms with Crippen LogP contribution < -0.4 is 5.32 Å². The van der Waals surface area contributed by atoms with Gasteiger partial charge in [-0.1, -0.05) is 54.1 Å². The zero-order valence-electron chi connectivity index (χ0n) is 12.6. The lowest BCUT2D eigenvalue weighted by atomic mass is 9.93. The van der Waals surface area contributed by atoms with Gasteiger partial charge in [-0.25, -0.2) is 0 Å². The molecule has 0 amide bonds. The molecule has 0 aliphatic rings. The monoisotopic (exact) mass is 285 g/mol. The van der Waals surface area contributed by atoms with Gasteiger partial charge in [-0.2, -0.15) is 0 Å². The maximum atomic E-state index is 9.37. The van der Waals surface area contributed by atoms with Crippen LogP contribution in [0.25, 0.3) is 0 Å². The predicted octanol–water partition coefficient (Wildman–Crippen LogP) is 2.34. The Morgan fingerprint density at radius 2 is 1.62 bits per heavy atom. The van der Waals surface area contributed by atoms with Crippen LogP contribution in [0.5, 0.6) is 0 Å². The fourth-order valence-electron chi connectivity index (χ4n) is 2.48. The Morgan fingerprint density at radius 1 is 0.952 bits per heavy atom. The van der Waals surface area contributed by atoms with E-state index in [1.54, 1.807) is 0 Å². The van der Waals surface area contributed by atoms with Gasteiger partial charge in [-0.15, -0.1) is 0 Å². The van der Waals surface area contributed by atoms with Crippen LogP contribution in [-0.4, -0.2) is 29.5 Å². The Hall–Kier alpha value is -1.68. The first-order chi connectivity index (χ1) is 10.2. The lowest BCUT2D eigenvalue weighted by molar-refractivity contribution is 0.165. The van der Waals surface area contributed by atoms with E-state index in [0.29, 0.717) is 0 Å². The third-order valence-corrected chi connectivity index (χ3v) is 3.72. The van der Waals surface area contributed by atoms with Gasteiger partial charge < -0.3 is 10.2 Å². The third kappa shape index (κ3) is 3.91. The van der Waals surface area contributed by atoms with Crippen molar-refractivity contribution in [2.45, 2.75) is 25.9 Å². The SMILES string of the molecule is Cc1ccc(C)c(C(NC(CO)CO)c2ccccc2)c1. The Balaban J connectivity index is 2.42. The number of aliphatic hydroxyl groups is 2. The zero-order chi connectivity index (χ0) is 15.2. The summed E-state index contributed by atoms with van der Waals surface area (Å²) in [6, 6.07) is 16.1. The number of aryl methyl sites for hydroxylation is 2. The van der Waals surface area contributed by atoms with Gasteiger partial charge in [0.2, 0.25) is 0 Å². The summed E-state index contributed by atoms with van der Waals surface area (Å²) in [4.78, 5) is 0. The highest BCUT2D eigenvalue weighted by Crippen LogP contribution is 2.26. The van der Waals surface area contributed by atoms with Crippen molar-refractivity contribution >= 4 is 0 Å². The minimum absolute atomic E-state index is 0.0459. The Labute approximate surface area is 126 Å². The van der Waals surface area contributed by atoms with Gasteiger partial charge in [0.25, 0.3) is 0 Å². The van der Waals surface area contributed by atoms with E-state index in [2.05, 4.69) is 49.5 Å². The second-order valence-corrected chi connectivity index (χ2v) is 5.43. The quantitative estimate of drug-likeness (QED) is 0.763. The van der Waals surface area contributed by atoms with Crippen molar-refractivity contribution in [2.24, 2.45) is 0 Å². The molecule has 1 unspecified atom stereocenters. The molecule has 112 valence electrons. The Kier molecular flexibility index (Phi) is 5.51.